The lowest BCUT2D eigenvalue weighted by Crippen LogP contribution is -2.26. The van der Waals surface area contributed by atoms with Gasteiger partial charge in [0.05, 0.1) is 18.9 Å². The van der Waals surface area contributed by atoms with Gasteiger partial charge < -0.3 is 14.5 Å². The maximum Gasteiger partial charge on any atom is 0.125 e. The zero-order valence-corrected chi connectivity index (χ0v) is 10.6. The van der Waals surface area contributed by atoms with Gasteiger partial charge in [0.2, 0.25) is 0 Å². The molecule has 3 nitrogen and oxygen atoms in total. The number of rotatable bonds is 7. The predicted molar refractivity (Wildman–Crippen MR) is 71.5 cm³/mol. The highest BCUT2D eigenvalue weighted by Crippen LogP contribution is 2.21. The van der Waals surface area contributed by atoms with Crippen LogP contribution in [0.25, 0.3) is 0 Å². The Kier molecular flexibility index (Phi) is 5.00. The minimum absolute atomic E-state index is 0.0849. The normalized spacial score (nSPS) is 12.5. The van der Waals surface area contributed by atoms with Gasteiger partial charge in [-0.2, -0.15) is 0 Å². The van der Waals surface area contributed by atoms with Crippen molar-refractivity contribution in [2.45, 2.75) is 13.0 Å². The summed E-state index contributed by atoms with van der Waals surface area (Å²) in [6.07, 6.45) is 1.70. The molecule has 0 spiro atoms. The Morgan fingerprint density at radius 1 is 1.17 bits per heavy atom. The van der Waals surface area contributed by atoms with Crippen LogP contribution in [-0.4, -0.2) is 19.8 Å². The van der Waals surface area contributed by atoms with Crippen LogP contribution in [0.1, 0.15) is 24.3 Å². The molecule has 0 saturated heterocycles. The van der Waals surface area contributed by atoms with E-state index in [1.165, 1.54) is 5.56 Å². The molecule has 2 rings (SSSR count). The summed E-state index contributed by atoms with van der Waals surface area (Å²) in [6.45, 7) is 4.26. The first kappa shape index (κ1) is 12.9. The second-order valence-corrected chi connectivity index (χ2v) is 4.01. The molecular formula is C15H19NO2. The fourth-order valence-corrected chi connectivity index (χ4v) is 1.90. The fourth-order valence-electron chi connectivity index (χ4n) is 1.90. The molecule has 1 heterocycles. The van der Waals surface area contributed by atoms with E-state index in [9.17, 15) is 0 Å². The highest BCUT2D eigenvalue weighted by Gasteiger charge is 2.15. The van der Waals surface area contributed by atoms with E-state index in [1.54, 1.807) is 6.26 Å². The summed E-state index contributed by atoms with van der Waals surface area (Å²) in [5.74, 6) is 0.928. The number of nitrogens with one attached hydrogen (secondary N) is 1. The molecule has 0 aliphatic carbocycles. The van der Waals surface area contributed by atoms with Gasteiger partial charge in [-0.1, -0.05) is 30.3 Å². The molecule has 0 bridgehead atoms. The molecule has 1 N–H and O–H groups in total. The molecule has 3 heteroatoms. The molecule has 18 heavy (non-hydrogen) atoms. The fraction of sp³-hybridized carbons (Fsp3) is 0.333. The van der Waals surface area contributed by atoms with E-state index in [0.29, 0.717) is 6.61 Å². The second kappa shape index (κ2) is 6.99. The van der Waals surface area contributed by atoms with Crippen molar-refractivity contribution in [3.8, 4) is 0 Å². The Morgan fingerprint density at radius 2 is 2.00 bits per heavy atom. The third kappa shape index (κ3) is 3.45. The Bertz CT molecular complexity index is 425. The van der Waals surface area contributed by atoms with Gasteiger partial charge in [-0.3, -0.25) is 0 Å². The van der Waals surface area contributed by atoms with Crippen LogP contribution in [0.3, 0.4) is 0 Å². The highest BCUT2D eigenvalue weighted by molar-refractivity contribution is 5.26. The summed E-state index contributed by atoms with van der Waals surface area (Å²) in [7, 11) is 0. The maximum absolute atomic E-state index is 5.50. The molecule has 0 amide bonds. The first-order valence-electron chi connectivity index (χ1n) is 6.31. The van der Waals surface area contributed by atoms with Gasteiger partial charge in [-0.15, -0.1) is 0 Å². The van der Waals surface area contributed by atoms with E-state index >= 15 is 0 Å². The minimum Gasteiger partial charge on any atom is -0.467 e. The zero-order valence-electron chi connectivity index (χ0n) is 10.6. The second-order valence-electron chi connectivity index (χ2n) is 4.01. The average Bonchev–Trinajstić information content (AvgIpc) is 2.94. The van der Waals surface area contributed by atoms with Gasteiger partial charge in [-0.25, -0.2) is 0 Å². The molecule has 2 aromatic rings. The van der Waals surface area contributed by atoms with Crippen LogP contribution in [0.4, 0.5) is 0 Å². The van der Waals surface area contributed by atoms with Crippen molar-refractivity contribution < 1.29 is 9.15 Å². The van der Waals surface area contributed by atoms with Gasteiger partial charge >= 0.3 is 0 Å². The van der Waals surface area contributed by atoms with Crippen molar-refractivity contribution in [2.24, 2.45) is 0 Å². The average molecular weight is 245 g/mol. The van der Waals surface area contributed by atoms with E-state index < -0.39 is 0 Å². The van der Waals surface area contributed by atoms with E-state index in [1.807, 2.05) is 37.3 Å². The van der Waals surface area contributed by atoms with Crippen LogP contribution in [0.2, 0.25) is 0 Å². The van der Waals surface area contributed by atoms with E-state index in [0.717, 1.165) is 18.9 Å². The van der Waals surface area contributed by atoms with Gasteiger partial charge in [0.1, 0.15) is 5.76 Å². The summed E-state index contributed by atoms with van der Waals surface area (Å²) in [5.41, 5.74) is 1.20. The standard InChI is InChI=1S/C15H19NO2/c1-2-17-12-10-16-15(14-9-6-11-18-14)13-7-4-3-5-8-13/h3-9,11,15-16H,2,10,12H2,1H3. The lowest BCUT2D eigenvalue weighted by atomic mass is 10.0. The first-order chi connectivity index (χ1) is 8.92. The smallest absolute Gasteiger partial charge is 0.125 e. The topological polar surface area (TPSA) is 34.4 Å². The third-order valence-corrected chi connectivity index (χ3v) is 2.76. The van der Waals surface area contributed by atoms with Gasteiger partial charge in [-0.05, 0) is 24.6 Å². The number of hydrogen-bond donors (Lipinski definition) is 1. The Labute approximate surface area is 108 Å². The molecular weight excluding hydrogens is 226 g/mol. The van der Waals surface area contributed by atoms with Crippen LogP contribution in [-0.2, 0) is 4.74 Å². The molecule has 0 fully saturated rings. The summed E-state index contributed by atoms with van der Waals surface area (Å²) in [4.78, 5) is 0. The molecule has 1 aromatic heterocycles. The molecule has 96 valence electrons. The number of ether oxygens (including phenoxy) is 1. The maximum atomic E-state index is 5.50. The largest absolute Gasteiger partial charge is 0.467 e. The lowest BCUT2D eigenvalue weighted by Gasteiger charge is -2.17. The van der Waals surface area contributed by atoms with Gasteiger partial charge in [0.25, 0.3) is 0 Å². The van der Waals surface area contributed by atoms with Crippen molar-refractivity contribution in [1.29, 1.82) is 0 Å². The first-order valence-corrected chi connectivity index (χ1v) is 6.31. The van der Waals surface area contributed by atoms with Crippen molar-refractivity contribution in [3.63, 3.8) is 0 Å². The van der Waals surface area contributed by atoms with Crippen LogP contribution in [0, 0.1) is 0 Å². The quantitative estimate of drug-likeness (QED) is 0.761. The summed E-state index contributed by atoms with van der Waals surface area (Å²) >= 11 is 0. The number of furan rings is 1. The van der Waals surface area contributed by atoms with E-state index in [2.05, 4.69) is 17.4 Å². The molecule has 0 aliphatic rings. The molecule has 1 unspecified atom stereocenters. The SMILES string of the molecule is CCOCCNC(c1ccccc1)c1ccco1. The summed E-state index contributed by atoms with van der Waals surface area (Å²) < 4.78 is 10.8. The van der Waals surface area contributed by atoms with Crippen LogP contribution < -0.4 is 5.32 Å². The van der Waals surface area contributed by atoms with Crippen molar-refractivity contribution in [3.05, 3.63) is 60.1 Å². The Morgan fingerprint density at radius 3 is 2.67 bits per heavy atom. The van der Waals surface area contributed by atoms with Crippen molar-refractivity contribution in [1.82, 2.24) is 5.32 Å². The monoisotopic (exact) mass is 245 g/mol. The lowest BCUT2D eigenvalue weighted by molar-refractivity contribution is 0.147. The Hall–Kier alpha value is -1.58. The number of benzene rings is 1. The van der Waals surface area contributed by atoms with Gasteiger partial charge in [0.15, 0.2) is 0 Å². The third-order valence-electron chi connectivity index (χ3n) is 2.76. The molecule has 1 aromatic carbocycles. The van der Waals surface area contributed by atoms with E-state index in [-0.39, 0.29) is 6.04 Å². The zero-order chi connectivity index (χ0) is 12.6. The van der Waals surface area contributed by atoms with Crippen LogP contribution in [0.15, 0.2) is 53.1 Å². The summed E-state index contributed by atoms with van der Waals surface area (Å²) in [5, 5.41) is 3.45. The van der Waals surface area contributed by atoms with Crippen LogP contribution >= 0.6 is 0 Å². The predicted octanol–water partition coefficient (Wildman–Crippen LogP) is 3.00. The minimum atomic E-state index is 0.0849. The molecule has 0 saturated carbocycles. The Balaban J connectivity index is 2.05. The highest BCUT2D eigenvalue weighted by atomic mass is 16.5. The molecule has 1 atom stereocenters. The molecule has 0 radical (unpaired) electrons. The van der Waals surface area contributed by atoms with Crippen LogP contribution in [0.5, 0.6) is 0 Å². The molecule has 0 aliphatic heterocycles. The van der Waals surface area contributed by atoms with Crippen molar-refractivity contribution >= 4 is 0 Å². The van der Waals surface area contributed by atoms with Crippen molar-refractivity contribution in [2.75, 3.05) is 19.8 Å². The number of hydrogen-bond acceptors (Lipinski definition) is 3. The van der Waals surface area contributed by atoms with Gasteiger partial charge in [0, 0.05) is 13.2 Å². The summed E-state index contributed by atoms with van der Waals surface area (Å²) in [6, 6.07) is 14.3. The van der Waals surface area contributed by atoms with E-state index in [4.69, 9.17) is 9.15 Å².